The number of hydrogen-bond acceptors (Lipinski definition) is 3. The Morgan fingerprint density at radius 2 is 1.93 bits per heavy atom. The summed E-state index contributed by atoms with van der Waals surface area (Å²) in [5.41, 5.74) is -0.172. The molecule has 0 unspecified atom stereocenters. The molecular weight excluding hydrogens is 204 g/mol. The van der Waals surface area contributed by atoms with E-state index in [1.54, 1.807) is 0 Å². The second-order valence-electron chi connectivity index (χ2n) is 2.70. The normalized spacial score (nSPS) is 11.2. The first kappa shape index (κ1) is 10.7. The molecule has 1 rings (SSSR count). The molecule has 5 heteroatoms. The third-order valence-corrected chi connectivity index (χ3v) is 3.62. The molecule has 0 saturated carbocycles. The maximum atomic E-state index is 11.5. The molecule has 0 aliphatic rings. The molecule has 0 saturated heterocycles. The lowest BCUT2D eigenvalue weighted by molar-refractivity contribution is 0.0692. The lowest BCUT2D eigenvalue weighted by Gasteiger charge is -2.04. The Hall–Kier alpha value is -1.36. The van der Waals surface area contributed by atoms with E-state index in [-0.39, 0.29) is 16.2 Å². The summed E-state index contributed by atoms with van der Waals surface area (Å²) in [6, 6.07) is 5.60. The Balaban J connectivity index is 3.42. The van der Waals surface area contributed by atoms with E-state index in [1.165, 1.54) is 31.2 Å². The van der Waals surface area contributed by atoms with Crippen LogP contribution >= 0.6 is 0 Å². The third-order valence-electron chi connectivity index (χ3n) is 1.83. The molecule has 1 aromatic carbocycles. The molecule has 14 heavy (non-hydrogen) atoms. The van der Waals surface area contributed by atoms with E-state index in [1.807, 2.05) is 0 Å². The highest BCUT2D eigenvalue weighted by atomic mass is 32.2. The van der Waals surface area contributed by atoms with Gasteiger partial charge in [0.25, 0.3) is 0 Å². The zero-order valence-corrected chi connectivity index (χ0v) is 8.41. The first-order chi connectivity index (χ1) is 6.49. The van der Waals surface area contributed by atoms with Crippen LogP contribution in [0.4, 0.5) is 0 Å². The van der Waals surface area contributed by atoms with Gasteiger partial charge in [-0.3, -0.25) is 0 Å². The van der Waals surface area contributed by atoms with Gasteiger partial charge in [0.2, 0.25) is 0 Å². The first-order valence-corrected chi connectivity index (χ1v) is 5.69. The molecule has 1 N–H and O–H groups in total. The Kier molecular flexibility index (Phi) is 2.90. The molecule has 0 heterocycles. The smallest absolute Gasteiger partial charge is 0.337 e. The van der Waals surface area contributed by atoms with Gasteiger partial charge in [-0.15, -0.1) is 0 Å². The summed E-state index contributed by atoms with van der Waals surface area (Å²) in [7, 11) is -3.45. The molecule has 4 nitrogen and oxygen atoms in total. The zero-order chi connectivity index (χ0) is 10.8. The molecule has 0 spiro atoms. The maximum absolute atomic E-state index is 11.5. The number of benzene rings is 1. The number of sulfone groups is 1. The van der Waals surface area contributed by atoms with Crippen molar-refractivity contribution in [2.45, 2.75) is 11.8 Å². The second kappa shape index (κ2) is 3.79. The van der Waals surface area contributed by atoms with Gasteiger partial charge < -0.3 is 5.11 Å². The number of aromatic carboxylic acids is 1. The van der Waals surface area contributed by atoms with Gasteiger partial charge in [-0.05, 0) is 12.1 Å². The van der Waals surface area contributed by atoms with E-state index >= 15 is 0 Å². The number of carboxylic acids is 1. The average Bonchev–Trinajstić information content (AvgIpc) is 2.18. The van der Waals surface area contributed by atoms with Crippen molar-refractivity contribution in [1.29, 1.82) is 0 Å². The summed E-state index contributed by atoms with van der Waals surface area (Å²) in [6.45, 7) is 1.48. The quantitative estimate of drug-likeness (QED) is 0.820. The summed E-state index contributed by atoms with van der Waals surface area (Å²) in [5, 5.41) is 8.76. The van der Waals surface area contributed by atoms with E-state index in [0.717, 1.165) is 0 Å². The molecule has 0 aliphatic heterocycles. The molecule has 1 aromatic rings. The molecular formula is C9H10O4S. The van der Waals surface area contributed by atoms with Crippen LogP contribution in [-0.2, 0) is 9.84 Å². The first-order valence-electron chi connectivity index (χ1n) is 4.04. The number of carbonyl (C=O) groups is 1. The van der Waals surface area contributed by atoms with E-state index in [2.05, 4.69) is 0 Å². The largest absolute Gasteiger partial charge is 0.478 e. The topological polar surface area (TPSA) is 71.4 Å². The van der Waals surface area contributed by atoms with Gasteiger partial charge in [0.15, 0.2) is 9.84 Å². The minimum Gasteiger partial charge on any atom is -0.478 e. The lowest BCUT2D eigenvalue weighted by Crippen LogP contribution is -2.10. The lowest BCUT2D eigenvalue weighted by atomic mass is 10.2. The molecule has 0 aliphatic carbocycles. The Morgan fingerprint density at radius 1 is 1.36 bits per heavy atom. The minimum atomic E-state index is -3.45. The molecule has 76 valence electrons. The van der Waals surface area contributed by atoms with Crippen LogP contribution in [0.5, 0.6) is 0 Å². The van der Waals surface area contributed by atoms with Crippen LogP contribution < -0.4 is 0 Å². The maximum Gasteiger partial charge on any atom is 0.337 e. The summed E-state index contributed by atoms with van der Waals surface area (Å²) in [6.07, 6.45) is 0. The van der Waals surface area contributed by atoms with Crippen molar-refractivity contribution in [3.63, 3.8) is 0 Å². The van der Waals surface area contributed by atoms with Crippen molar-refractivity contribution in [2.75, 3.05) is 5.75 Å². The summed E-state index contributed by atoms with van der Waals surface area (Å²) in [5.74, 6) is -1.32. The molecule has 0 radical (unpaired) electrons. The molecule has 0 atom stereocenters. The van der Waals surface area contributed by atoms with Gasteiger partial charge in [-0.2, -0.15) is 0 Å². The molecule has 0 aromatic heterocycles. The minimum absolute atomic E-state index is 0.0999. The van der Waals surface area contributed by atoms with E-state index in [0.29, 0.717) is 0 Å². The third kappa shape index (κ3) is 1.93. The fourth-order valence-electron chi connectivity index (χ4n) is 1.07. The summed E-state index contributed by atoms with van der Waals surface area (Å²) in [4.78, 5) is 10.6. The van der Waals surface area contributed by atoms with Crippen molar-refractivity contribution in [3.8, 4) is 0 Å². The van der Waals surface area contributed by atoms with Crippen molar-refractivity contribution in [3.05, 3.63) is 29.8 Å². The van der Waals surface area contributed by atoms with Crippen LogP contribution in [0.2, 0.25) is 0 Å². The van der Waals surface area contributed by atoms with E-state index < -0.39 is 15.8 Å². The van der Waals surface area contributed by atoms with Crippen molar-refractivity contribution in [2.24, 2.45) is 0 Å². The number of hydrogen-bond donors (Lipinski definition) is 1. The van der Waals surface area contributed by atoms with E-state index in [9.17, 15) is 13.2 Å². The van der Waals surface area contributed by atoms with E-state index in [4.69, 9.17) is 5.11 Å². The van der Waals surface area contributed by atoms with Gasteiger partial charge >= 0.3 is 5.97 Å². The fourth-order valence-corrected chi connectivity index (χ4v) is 2.16. The highest BCUT2D eigenvalue weighted by Gasteiger charge is 2.19. The molecule has 0 fully saturated rings. The van der Waals surface area contributed by atoms with Crippen LogP contribution in [-0.4, -0.2) is 25.2 Å². The van der Waals surface area contributed by atoms with Crippen molar-refractivity contribution in [1.82, 2.24) is 0 Å². The zero-order valence-electron chi connectivity index (χ0n) is 7.60. The predicted molar refractivity (Wildman–Crippen MR) is 51.1 cm³/mol. The van der Waals surface area contributed by atoms with Crippen LogP contribution in [0.3, 0.4) is 0 Å². The fraction of sp³-hybridized carbons (Fsp3) is 0.222. The van der Waals surface area contributed by atoms with Crippen molar-refractivity contribution >= 4 is 15.8 Å². The second-order valence-corrected chi connectivity index (χ2v) is 4.95. The van der Waals surface area contributed by atoms with Gasteiger partial charge in [0.05, 0.1) is 16.2 Å². The van der Waals surface area contributed by atoms with Crippen LogP contribution in [0, 0.1) is 0 Å². The highest BCUT2D eigenvalue weighted by Crippen LogP contribution is 2.16. The Bertz CT molecular complexity index is 448. The van der Waals surface area contributed by atoms with Gasteiger partial charge in [0, 0.05) is 0 Å². The number of carboxylic acid groups (broad SMARTS) is 1. The van der Waals surface area contributed by atoms with Crippen LogP contribution in [0.15, 0.2) is 29.2 Å². The molecule has 0 bridgehead atoms. The standard InChI is InChI=1S/C9H10O4S/c1-2-14(12,13)8-6-4-3-5-7(8)9(10)11/h3-6H,2H2,1H3,(H,10,11). The number of rotatable bonds is 3. The average molecular weight is 214 g/mol. The van der Waals surface area contributed by atoms with Crippen molar-refractivity contribution < 1.29 is 18.3 Å². The molecule has 0 amide bonds. The van der Waals surface area contributed by atoms with Crippen LogP contribution in [0.25, 0.3) is 0 Å². The Morgan fingerprint density at radius 3 is 2.43 bits per heavy atom. The van der Waals surface area contributed by atoms with Gasteiger partial charge in [-0.25, -0.2) is 13.2 Å². The van der Waals surface area contributed by atoms with Gasteiger partial charge in [0.1, 0.15) is 0 Å². The van der Waals surface area contributed by atoms with Crippen LogP contribution in [0.1, 0.15) is 17.3 Å². The summed E-state index contributed by atoms with van der Waals surface area (Å²) < 4.78 is 22.9. The SMILES string of the molecule is CCS(=O)(=O)c1ccccc1C(=O)O. The monoisotopic (exact) mass is 214 g/mol. The predicted octanol–water partition coefficient (Wildman–Crippen LogP) is 1.18. The summed E-state index contributed by atoms with van der Waals surface area (Å²) >= 11 is 0. The van der Waals surface area contributed by atoms with Gasteiger partial charge in [-0.1, -0.05) is 19.1 Å². The Labute approximate surface area is 82.1 Å². The highest BCUT2D eigenvalue weighted by molar-refractivity contribution is 7.91.